The van der Waals surface area contributed by atoms with Gasteiger partial charge in [0, 0.05) is 19.8 Å². The summed E-state index contributed by atoms with van der Waals surface area (Å²) >= 11 is 0. The van der Waals surface area contributed by atoms with E-state index in [1.807, 2.05) is 37.3 Å². The molecule has 5 heteroatoms. The number of urea groups is 1. The summed E-state index contributed by atoms with van der Waals surface area (Å²) in [5.74, 6) is 1.75. The number of fused-ring (bicyclic) bond motifs is 1. The zero-order valence-electron chi connectivity index (χ0n) is 15.8. The first-order chi connectivity index (χ1) is 12.4. The minimum Gasteiger partial charge on any atom is -0.490 e. The second-order valence-corrected chi connectivity index (χ2v) is 6.94. The van der Waals surface area contributed by atoms with Gasteiger partial charge in [-0.1, -0.05) is 6.07 Å². The van der Waals surface area contributed by atoms with Gasteiger partial charge < -0.3 is 19.7 Å². The molecule has 2 atom stereocenters. The van der Waals surface area contributed by atoms with Crippen molar-refractivity contribution in [3.8, 4) is 11.5 Å². The van der Waals surface area contributed by atoms with Crippen molar-refractivity contribution in [1.29, 1.82) is 0 Å². The smallest absolute Gasteiger partial charge is 0.321 e. The van der Waals surface area contributed by atoms with Crippen LogP contribution in [0.3, 0.4) is 0 Å². The van der Waals surface area contributed by atoms with Crippen LogP contribution in [0.1, 0.15) is 37.5 Å². The molecule has 0 saturated carbocycles. The van der Waals surface area contributed by atoms with Gasteiger partial charge >= 0.3 is 6.03 Å². The fourth-order valence-corrected chi connectivity index (χ4v) is 2.92. The van der Waals surface area contributed by atoms with Gasteiger partial charge in [0.2, 0.25) is 0 Å². The molecular weight excluding hydrogens is 328 g/mol. The third-order valence-electron chi connectivity index (χ3n) is 4.53. The molecule has 2 amide bonds. The second kappa shape index (κ2) is 7.68. The predicted octanol–water partition coefficient (Wildman–Crippen LogP) is 4.63. The Labute approximate surface area is 154 Å². The Hall–Kier alpha value is -2.69. The maximum Gasteiger partial charge on any atom is 0.321 e. The van der Waals surface area contributed by atoms with Gasteiger partial charge in [0.05, 0.1) is 6.10 Å². The molecule has 0 radical (unpaired) electrons. The van der Waals surface area contributed by atoms with Crippen molar-refractivity contribution in [2.24, 2.45) is 0 Å². The Morgan fingerprint density at radius 2 is 1.96 bits per heavy atom. The molecule has 0 saturated heterocycles. The minimum atomic E-state index is -0.155. The Morgan fingerprint density at radius 1 is 1.23 bits per heavy atom. The van der Waals surface area contributed by atoms with Gasteiger partial charge in [-0.15, -0.1) is 0 Å². The minimum absolute atomic E-state index is 0.0677. The van der Waals surface area contributed by atoms with Crippen LogP contribution in [0, 0.1) is 0 Å². The molecule has 3 rings (SSSR count). The molecule has 5 nitrogen and oxygen atoms in total. The number of nitrogens with one attached hydrogen (secondary N) is 1. The van der Waals surface area contributed by atoms with E-state index in [2.05, 4.69) is 24.4 Å². The average molecular weight is 354 g/mol. The van der Waals surface area contributed by atoms with E-state index in [1.54, 1.807) is 14.1 Å². The van der Waals surface area contributed by atoms with Gasteiger partial charge in [0.25, 0.3) is 0 Å². The van der Waals surface area contributed by atoms with E-state index in [4.69, 9.17) is 9.47 Å². The molecule has 138 valence electrons. The quantitative estimate of drug-likeness (QED) is 0.871. The van der Waals surface area contributed by atoms with Crippen LogP contribution in [0.15, 0.2) is 42.5 Å². The van der Waals surface area contributed by atoms with Gasteiger partial charge in [-0.05, 0) is 74.2 Å². The van der Waals surface area contributed by atoms with E-state index in [0.717, 1.165) is 35.6 Å². The lowest BCUT2D eigenvalue weighted by Gasteiger charge is -2.24. The number of carbonyl (C=O) groups is 1. The van der Waals surface area contributed by atoms with Crippen LogP contribution in [0.25, 0.3) is 0 Å². The largest absolute Gasteiger partial charge is 0.490 e. The first-order valence-corrected chi connectivity index (χ1v) is 8.97. The summed E-state index contributed by atoms with van der Waals surface area (Å²) in [4.78, 5) is 13.2. The standard InChI is InChI=1S/C21H26N2O3/c1-14-5-6-17-13-16(7-12-20(17)25-14)15(2)26-19-10-8-18(9-11-19)22-21(24)23(3)4/h7-15H,5-6H2,1-4H3,(H,22,24). The Bertz CT molecular complexity index is 771. The number of aryl methyl sites for hydroxylation is 1. The van der Waals surface area contributed by atoms with Crippen molar-refractivity contribution in [1.82, 2.24) is 4.90 Å². The van der Waals surface area contributed by atoms with Crippen molar-refractivity contribution in [3.63, 3.8) is 0 Å². The summed E-state index contributed by atoms with van der Waals surface area (Å²) in [6, 6.07) is 13.5. The van der Waals surface area contributed by atoms with Gasteiger partial charge in [0.1, 0.15) is 17.6 Å². The number of amides is 2. The molecule has 0 aliphatic carbocycles. The molecule has 1 aliphatic heterocycles. The van der Waals surface area contributed by atoms with Crippen LogP contribution >= 0.6 is 0 Å². The Balaban J connectivity index is 1.64. The van der Waals surface area contributed by atoms with Crippen molar-refractivity contribution >= 4 is 11.7 Å². The van der Waals surface area contributed by atoms with E-state index in [-0.39, 0.29) is 18.2 Å². The summed E-state index contributed by atoms with van der Waals surface area (Å²) in [5, 5.41) is 2.81. The fourth-order valence-electron chi connectivity index (χ4n) is 2.92. The number of ether oxygens (including phenoxy) is 2. The highest BCUT2D eigenvalue weighted by Crippen LogP contribution is 2.31. The summed E-state index contributed by atoms with van der Waals surface area (Å²) < 4.78 is 11.9. The second-order valence-electron chi connectivity index (χ2n) is 6.94. The highest BCUT2D eigenvalue weighted by atomic mass is 16.5. The number of hydrogen-bond donors (Lipinski definition) is 1. The molecule has 0 aromatic heterocycles. The molecule has 2 aromatic carbocycles. The first-order valence-electron chi connectivity index (χ1n) is 8.97. The summed E-state index contributed by atoms with van der Waals surface area (Å²) in [5.41, 5.74) is 3.12. The van der Waals surface area contributed by atoms with Gasteiger partial charge in [-0.2, -0.15) is 0 Å². The first kappa shape index (κ1) is 18.1. The molecule has 1 N–H and O–H groups in total. The van der Waals surface area contributed by atoms with Crippen molar-refractivity contribution in [2.45, 2.75) is 38.9 Å². The normalized spacial score (nSPS) is 16.8. The molecule has 1 aliphatic rings. The van der Waals surface area contributed by atoms with E-state index in [1.165, 1.54) is 10.5 Å². The molecule has 0 spiro atoms. The number of benzene rings is 2. The number of hydrogen-bond acceptors (Lipinski definition) is 3. The zero-order valence-corrected chi connectivity index (χ0v) is 15.8. The third-order valence-corrected chi connectivity index (χ3v) is 4.53. The summed E-state index contributed by atoms with van der Waals surface area (Å²) in [6.45, 7) is 4.14. The molecular formula is C21H26N2O3. The fraction of sp³-hybridized carbons (Fsp3) is 0.381. The predicted molar refractivity (Wildman–Crippen MR) is 103 cm³/mol. The van der Waals surface area contributed by atoms with Crippen molar-refractivity contribution in [2.75, 3.05) is 19.4 Å². The lowest BCUT2D eigenvalue weighted by molar-refractivity contribution is 0.191. The molecule has 2 unspecified atom stereocenters. The SMILES string of the molecule is CC1CCc2cc(C(C)Oc3ccc(NC(=O)N(C)C)cc3)ccc2O1. The van der Waals surface area contributed by atoms with Gasteiger partial charge in [-0.25, -0.2) is 4.79 Å². The number of nitrogens with zero attached hydrogens (tertiary/aromatic N) is 1. The molecule has 26 heavy (non-hydrogen) atoms. The van der Waals surface area contributed by atoms with E-state index < -0.39 is 0 Å². The molecule has 1 heterocycles. The van der Waals surface area contributed by atoms with Crippen LogP contribution in [-0.4, -0.2) is 31.1 Å². The number of anilines is 1. The molecule has 0 bridgehead atoms. The monoisotopic (exact) mass is 354 g/mol. The van der Waals surface area contributed by atoms with Gasteiger partial charge in [0.15, 0.2) is 0 Å². The van der Waals surface area contributed by atoms with Crippen molar-refractivity contribution < 1.29 is 14.3 Å². The Kier molecular flexibility index (Phi) is 5.35. The average Bonchev–Trinajstić information content (AvgIpc) is 2.62. The topological polar surface area (TPSA) is 50.8 Å². The highest BCUT2D eigenvalue weighted by Gasteiger charge is 2.18. The zero-order chi connectivity index (χ0) is 18.7. The van der Waals surface area contributed by atoms with E-state index >= 15 is 0 Å². The maximum absolute atomic E-state index is 11.7. The van der Waals surface area contributed by atoms with Crippen molar-refractivity contribution in [3.05, 3.63) is 53.6 Å². The summed E-state index contributed by atoms with van der Waals surface area (Å²) in [6.07, 6.45) is 2.30. The number of carbonyl (C=O) groups excluding carboxylic acids is 1. The van der Waals surface area contributed by atoms with E-state index in [9.17, 15) is 4.79 Å². The molecule has 2 aromatic rings. The maximum atomic E-state index is 11.7. The lowest BCUT2D eigenvalue weighted by atomic mass is 9.99. The molecule has 0 fully saturated rings. The lowest BCUT2D eigenvalue weighted by Crippen LogP contribution is -2.27. The van der Waals surface area contributed by atoms with Crippen LogP contribution in [0.2, 0.25) is 0 Å². The van der Waals surface area contributed by atoms with E-state index in [0.29, 0.717) is 0 Å². The number of rotatable bonds is 4. The van der Waals surface area contributed by atoms with Crippen LogP contribution < -0.4 is 14.8 Å². The van der Waals surface area contributed by atoms with Crippen LogP contribution in [0.4, 0.5) is 10.5 Å². The Morgan fingerprint density at radius 3 is 2.65 bits per heavy atom. The summed E-state index contributed by atoms with van der Waals surface area (Å²) in [7, 11) is 3.41. The third kappa shape index (κ3) is 4.28. The van der Waals surface area contributed by atoms with Crippen LogP contribution in [0.5, 0.6) is 11.5 Å². The van der Waals surface area contributed by atoms with Crippen LogP contribution in [-0.2, 0) is 6.42 Å². The van der Waals surface area contributed by atoms with Gasteiger partial charge in [-0.3, -0.25) is 0 Å². The highest BCUT2D eigenvalue weighted by molar-refractivity contribution is 5.88.